The van der Waals surface area contributed by atoms with Crippen LogP contribution in [0.15, 0.2) is 53.6 Å². The molecule has 1 aliphatic rings. The van der Waals surface area contributed by atoms with Crippen molar-refractivity contribution in [3.05, 3.63) is 54.1 Å². The SMILES string of the molecule is CCOC(=O)CN1CCN(c2ccc(-c3ccc(C=NN)cc3)cc2)CC1. The van der Waals surface area contributed by atoms with Gasteiger partial charge in [0.2, 0.25) is 0 Å². The summed E-state index contributed by atoms with van der Waals surface area (Å²) in [6, 6.07) is 16.8. The van der Waals surface area contributed by atoms with E-state index in [4.69, 9.17) is 10.6 Å². The fourth-order valence-electron chi connectivity index (χ4n) is 3.27. The maximum absolute atomic E-state index is 11.6. The molecule has 1 aliphatic heterocycles. The molecule has 0 aliphatic carbocycles. The Labute approximate surface area is 160 Å². The number of ether oxygens (including phenoxy) is 1. The van der Waals surface area contributed by atoms with Gasteiger partial charge in [0.1, 0.15) is 0 Å². The van der Waals surface area contributed by atoms with Crippen LogP contribution < -0.4 is 10.7 Å². The molecule has 1 saturated heterocycles. The van der Waals surface area contributed by atoms with E-state index in [0.29, 0.717) is 13.2 Å². The highest BCUT2D eigenvalue weighted by molar-refractivity contribution is 5.80. The van der Waals surface area contributed by atoms with Crippen molar-refractivity contribution in [1.29, 1.82) is 0 Å². The van der Waals surface area contributed by atoms with Crippen molar-refractivity contribution in [2.45, 2.75) is 6.92 Å². The van der Waals surface area contributed by atoms with E-state index in [0.717, 1.165) is 37.3 Å². The predicted octanol–water partition coefficient (Wildman–Crippen LogP) is 2.33. The smallest absolute Gasteiger partial charge is 0.320 e. The maximum Gasteiger partial charge on any atom is 0.320 e. The summed E-state index contributed by atoms with van der Waals surface area (Å²) in [5, 5.41) is 3.54. The molecule has 1 heterocycles. The van der Waals surface area contributed by atoms with Gasteiger partial charge in [-0.05, 0) is 35.7 Å². The first-order chi connectivity index (χ1) is 13.2. The van der Waals surface area contributed by atoms with Gasteiger partial charge in [0.05, 0.1) is 19.4 Å². The van der Waals surface area contributed by atoms with Gasteiger partial charge < -0.3 is 15.5 Å². The Morgan fingerprint density at radius 3 is 2.19 bits per heavy atom. The standard InChI is InChI=1S/C21H26N4O2/c1-2-27-21(26)16-24-11-13-25(14-12-24)20-9-7-19(8-10-20)18-5-3-17(4-6-18)15-23-22/h3-10,15H,2,11-14,16,22H2,1H3. The topological polar surface area (TPSA) is 71.2 Å². The lowest BCUT2D eigenvalue weighted by atomic mass is 10.0. The Morgan fingerprint density at radius 1 is 1.04 bits per heavy atom. The molecule has 0 radical (unpaired) electrons. The number of hydrazone groups is 1. The van der Waals surface area contributed by atoms with Crippen LogP contribution in [0.4, 0.5) is 5.69 Å². The van der Waals surface area contributed by atoms with Gasteiger partial charge in [-0.25, -0.2) is 0 Å². The first kappa shape index (κ1) is 18.9. The number of nitrogens with two attached hydrogens (primary N) is 1. The summed E-state index contributed by atoms with van der Waals surface area (Å²) >= 11 is 0. The van der Waals surface area contributed by atoms with Gasteiger partial charge in [-0.3, -0.25) is 9.69 Å². The van der Waals surface area contributed by atoms with E-state index >= 15 is 0 Å². The highest BCUT2D eigenvalue weighted by atomic mass is 16.5. The molecule has 2 aromatic rings. The Bertz CT molecular complexity index is 764. The number of carbonyl (C=O) groups is 1. The number of hydrogen-bond acceptors (Lipinski definition) is 6. The molecular formula is C21H26N4O2. The lowest BCUT2D eigenvalue weighted by Gasteiger charge is -2.35. The Kier molecular flexibility index (Phi) is 6.44. The normalized spacial score (nSPS) is 15.2. The van der Waals surface area contributed by atoms with Crippen LogP contribution >= 0.6 is 0 Å². The fourth-order valence-corrected chi connectivity index (χ4v) is 3.27. The molecule has 0 unspecified atom stereocenters. The predicted molar refractivity (Wildman–Crippen MR) is 109 cm³/mol. The van der Waals surface area contributed by atoms with Crippen LogP contribution in [-0.4, -0.2) is 56.4 Å². The van der Waals surface area contributed by atoms with Crippen molar-refractivity contribution >= 4 is 17.9 Å². The minimum absolute atomic E-state index is 0.140. The summed E-state index contributed by atoms with van der Waals surface area (Å²) in [6.07, 6.45) is 1.63. The van der Waals surface area contributed by atoms with E-state index in [2.05, 4.69) is 51.3 Å². The molecule has 142 valence electrons. The molecule has 0 saturated carbocycles. The first-order valence-electron chi connectivity index (χ1n) is 9.26. The van der Waals surface area contributed by atoms with Gasteiger partial charge in [0.15, 0.2) is 0 Å². The lowest BCUT2D eigenvalue weighted by Crippen LogP contribution is -2.48. The average Bonchev–Trinajstić information content (AvgIpc) is 2.70. The molecule has 6 heteroatoms. The summed E-state index contributed by atoms with van der Waals surface area (Å²) in [5.74, 6) is 5.04. The van der Waals surface area contributed by atoms with Crippen molar-refractivity contribution in [3.63, 3.8) is 0 Å². The molecule has 2 N–H and O–H groups in total. The second-order valence-corrected chi connectivity index (χ2v) is 6.52. The summed E-state index contributed by atoms with van der Waals surface area (Å²) in [7, 11) is 0. The monoisotopic (exact) mass is 366 g/mol. The van der Waals surface area contributed by atoms with Crippen molar-refractivity contribution in [1.82, 2.24) is 4.90 Å². The third kappa shape index (κ3) is 5.08. The highest BCUT2D eigenvalue weighted by Crippen LogP contribution is 2.24. The second kappa shape index (κ2) is 9.19. The van der Waals surface area contributed by atoms with Crippen LogP contribution in [0.2, 0.25) is 0 Å². The molecule has 2 aromatic carbocycles. The number of nitrogens with zero attached hydrogens (tertiary/aromatic N) is 3. The van der Waals surface area contributed by atoms with E-state index in [-0.39, 0.29) is 5.97 Å². The van der Waals surface area contributed by atoms with Crippen molar-refractivity contribution in [2.24, 2.45) is 10.9 Å². The minimum Gasteiger partial charge on any atom is -0.465 e. The molecule has 6 nitrogen and oxygen atoms in total. The summed E-state index contributed by atoms with van der Waals surface area (Å²) in [6.45, 7) is 6.20. The van der Waals surface area contributed by atoms with Crippen molar-refractivity contribution in [2.75, 3.05) is 44.2 Å². The first-order valence-corrected chi connectivity index (χ1v) is 9.26. The zero-order valence-corrected chi connectivity index (χ0v) is 15.7. The summed E-state index contributed by atoms with van der Waals surface area (Å²) < 4.78 is 5.02. The number of benzene rings is 2. The molecule has 0 bridgehead atoms. The lowest BCUT2D eigenvalue weighted by molar-refractivity contribution is -0.144. The molecule has 0 spiro atoms. The van der Waals surface area contributed by atoms with Gasteiger partial charge in [-0.2, -0.15) is 5.10 Å². The number of rotatable bonds is 6. The van der Waals surface area contributed by atoms with Crippen LogP contribution in [0, 0.1) is 0 Å². The van der Waals surface area contributed by atoms with E-state index in [1.165, 1.54) is 11.3 Å². The molecular weight excluding hydrogens is 340 g/mol. The van der Waals surface area contributed by atoms with Gasteiger partial charge in [-0.1, -0.05) is 36.4 Å². The molecule has 0 aromatic heterocycles. The Hall–Kier alpha value is -2.86. The van der Waals surface area contributed by atoms with Gasteiger partial charge in [0.25, 0.3) is 0 Å². The zero-order chi connectivity index (χ0) is 19.1. The number of hydrogen-bond donors (Lipinski definition) is 1. The van der Waals surface area contributed by atoms with E-state index in [1.807, 2.05) is 19.1 Å². The van der Waals surface area contributed by atoms with Crippen LogP contribution in [0.3, 0.4) is 0 Å². The van der Waals surface area contributed by atoms with E-state index < -0.39 is 0 Å². The average molecular weight is 366 g/mol. The molecule has 0 amide bonds. The summed E-state index contributed by atoms with van der Waals surface area (Å²) in [4.78, 5) is 16.1. The number of esters is 1. The highest BCUT2D eigenvalue weighted by Gasteiger charge is 2.19. The van der Waals surface area contributed by atoms with Gasteiger partial charge in [0, 0.05) is 31.9 Å². The molecule has 0 atom stereocenters. The Morgan fingerprint density at radius 2 is 1.63 bits per heavy atom. The largest absolute Gasteiger partial charge is 0.465 e. The van der Waals surface area contributed by atoms with Crippen LogP contribution in [0.5, 0.6) is 0 Å². The molecule has 3 rings (SSSR count). The third-order valence-electron chi connectivity index (χ3n) is 4.73. The van der Waals surface area contributed by atoms with Crippen molar-refractivity contribution < 1.29 is 9.53 Å². The van der Waals surface area contributed by atoms with E-state index in [9.17, 15) is 4.79 Å². The summed E-state index contributed by atoms with van der Waals surface area (Å²) in [5.41, 5.74) is 4.53. The van der Waals surface area contributed by atoms with Gasteiger partial charge >= 0.3 is 5.97 Å². The van der Waals surface area contributed by atoms with Crippen LogP contribution in [0.25, 0.3) is 11.1 Å². The molecule has 1 fully saturated rings. The Balaban J connectivity index is 1.57. The van der Waals surface area contributed by atoms with Crippen LogP contribution in [0.1, 0.15) is 12.5 Å². The van der Waals surface area contributed by atoms with Crippen molar-refractivity contribution in [3.8, 4) is 11.1 Å². The van der Waals surface area contributed by atoms with Crippen LogP contribution in [-0.2, 0) is 9.53 Å². The number of anilines is 1. The second-order valence-electron chi connectivity index (χ2n) is 6.52. The fraction of sp³-hybridized carbons (Fsp3) is 0.333. The third-order valence-corrected chi connectivity index (χ3v) is 4.73. The van der Waals surface area contributed by atoms with Gasteiger partial charge in [-0.15, -0.1) is 0 Å². The maximum atomic E-state index is 11.6. The number of carbonyl (C=O) groups excluding carboxylic acids is 1. The minimum atomic E-state index is -0.140. The molecule has 27 heavy (non-hydrogen) atoms. The quantitative estimate of drug-likeness (QED) is 0.368. The number of piperazine rings is 1. The zero-order valence-electron chi connectivity index (χ0n) is 15.7. The van der Waals surface area contributed by atoms with E-state index in [1.54, 1.807) is 6.21 Å².